The van der Waals surface area contributed by atoms with Gasteiger partial charge in [-0.3, -0.25) is 0 Å². The van der Waals surface area contributed by atoms with E-state index >= 15 is 0 Å². The molecule has 2 rings (SSSR count). The highest BCUT2D eigenvalue weighted by atomic mass is 35.5. The Morgan fingerprint density at radius 2 is 1.86 bits per heavy atom. The summed E-state index contributed by atoms with van der Waals surface area (Å²) < 4.78 is 0. The molecule has 22 heavy (non-hydrogen) atoms. The number of halogens is 1. The van der Waals surface area contributed by atoms with Crippen molar-refractivity contribution in [3.63, 3.8) is 0 Å². The largest absolute Gasteiger partial charge is 0.465 e. The van der Waals surface area contributed by atoms with Gasteiger partial charge in [-0.1, -0.05) is 18.5 Å². The molecule has 7 nitrogen and oxygen atoms in total. The molecule has 0 bridgehead atoms. The lowest BCUT2D eigenvalue weighted by Crippen LogP contribution is -2.48. The molecule has 0 spiro atoms. The Hall–Kier alpha value is -2.51. The molecule has 0 atom stereocenters. The summed E-state index contributed by atoms with van der Waals surface area (Å²) in [6.07, 6.45) is -0.462. The third-order valence-electron chi connectivity index (χ3n) is 3.66. The maximum absolute atomic E-state index is 10.9. The van der Waals surface area contributed by atoms with Crippen LogP contribution in [0.1, 0.15) is 23.6 Å². The minimum atomic E-state index is -0.958. The number of amides is 1. The number of carboxylic acid groups (broad SMARTS) is 1. The third kappa shape index (κ3) is 2.76. The second kappa shape index (κ2) is 6.50. The van der Waals surface area contributed by atoms with Crippen molar-refractivity contribution in [2.45, 2.75) is 13.3 Å². The molecule has 1 saturated heterocycles. The van der Waals surface area contributed by atoms with Crippen LogP contribution >= 0.6 is 11.6 Å². The smallest absolute Gasteiger partial charge is 0.407 e. The number of nitrogens with zero attached hydrogens (tertiary/aromatic N) is 5. The summed E-state index contributed by atoms with van der Waals surface area (Å²) in [5, 5.41) is 27.7. The van der Waals surface area contributed by atoms with Crippen molar-refractivity contribution in [1.82, 2.24) is 9.88 Å². The van der Waals surface area contributed by atoms with Gasteiger partial charge in [0.05, 0.1) is 11.1 Å². The molecule has 2 heterocycles. The van der Waals surface area contributed by atoms with E-state index in [9.17, 15) is 15.3 Å². The summed E-state index contributed by atoms with van der Waals surface area (Å²) in [7, 11) is 0. The summed E-state index contributed by atoms with van der Waals surface area (Å²) in [5.41, 5.74) is 1.15. The minimum absolute atomic E-state index is 0.0778. The fourth-order valence-corrected chi connectivity index (χ4v) is 2.75. The molecule has 1 aromatic rings. The van der Waals surface area contributed by atoms with E-state index < -0.39 is 6.09 Å². The lowest BCUT2D eigenvalue weighted by atomic mass is 10.0. The van der Waals surface area contributed by atoms with Crippen LogP contribution in [0.25, 0.3) is 0 Å². The van der Waals surface area contributed by atoms with Crippen molar-refractivity contribution in [2.75, 3.05) is 31.1 Å². The highest BCUT2D eigenvalue weighted by molar-refractivity contribution is 6.30. The van der Waals surface area contributed by atoms with Crippen molar-refractivity contribution in [3.8, 4) is 12.1 Å². The number of hydrogen-bond acceptors (Lipinski definition) is 5. The molecule has 0 saturated carbocycles. The van der Waals surface area contributed by atoms with Gasteiger partial charge in [-0.05, 0) is 12.0 Å². The van der Waals surface area contributed by atoms with Crippen molar-refractivity contribution in [2.24, 2.45) is 0 Å². The quantitative estimate of drug-likeness (QED) is 0.834. The van der Waals surface area contributed by atoms with Gasteiger partial charge in [0.2, 0.25) is 0 Å². The first-order valence-electron chi connectivity index (χ1n) is 6.78. The zero-order chi connectivity index (χ0) is 16.3. The number of piperazine rings is 1. The Labute approximate surface area is 132 Å². The zero-order valence-corrected chi connectivity index (χ0v) is 12.8. The molecule has 1 amide bonds. The number of pyridine rings is 1. The molecule has 1 N–H and O–H groups in total. The number of hydrogen-bond donors (Lipinski definition) is 1. The van der Waals surface area contributed by atoms with E-state index in [1.165, 1.54) is 4.90 Å². The SMILES string of the molecule is CCc1c(C#N)c(Cl)nc(N2CCN(C(=O)O)CC2)c1C#N. The van der Waals surface area contributed by atoms with Crippen molar-refractivity contribution >= 4 is 23.5 Å². The Morgan fingerprint density at radius 1 is 1.27 bits per heavy atom. The van der Waals surface area contributed by atoms with Crippen molar-refractivity contribution in [1.29, 1.82) is 10.5 Å². The summed E-state index contributed by atoms with van der Waals surface area (Å²) in [4.78, 5) is 18.3. The normalized spacial score (nSPS) is 14.4. The number of carbonyl (C=O) groups is 1. The predicted octanol–water partition coefficient (Wildman–Crippen LogP) is 1.84. The van der Waals surface area contributed by atoms with Gasteiger partial charge in [-0.15, -0.1) is 0 Å². The van der Waals surface area contributed by atoms with Crippen LogP contribution < -0.4 is 4.90 Å². The highest BCUT2D eigenvalue weighted by Gasteiger charge is 2.26. The standard InChI is InChI=1S/C14H14ClN5O2/c1-2-9-10(7-16)12(15)18-13(11(9)8-17)19-3-5-20(6-4-19)14(21)22/h2-6H2,1H3,(H,21,22). The van der Waals surface area contributed by atoms with Crippen LogP contribution in [-0.2, 0) is 6.42 Å². The van der Waals surface area contributed by atoms with Gasteiger partial charge in [-0.2, -0.15) is 10.5 Å². The minimum Gasteiger partial charge on any atom is -0.465 e. The van der Waals surface area contributed by atoms with Gasteiger partial charge in [0.1, 0.15) is 23.1 Å². The van der Waals surface area contributed by atoms with Crippen LogP contribution in [-0.4, -0.2) is 47.3 Å². The van der Waals surface area contributed by atoms with Gasteiger partial charge in [-0.25, -0.2) is 9.78 Å². The van der Waals surface area contributed by atoms with Gasteiger partial charge in [0, 0.05) is 26.2 Å². The van der Waals surface area contributed by atoms with E-state index in [0.29, 0.717) is 49.5 Å². The van der Waals surface area contributed by atoms with Gasteiger partial charge >= 0.3 is 6.09 Å². The van der Waals surface area contributed by atoms with Crippen LogP contribution in [0.4, 0.5) is 10.6 Å². The Bertz CT molecular complexity index is 684. The fourth-order valence-electron chi connectivity index (χ4n) is 2.51. The van der Waals surface area contributed by atoms with E-state index in [4.69, 9.17) is 16.7 Å². The molecule has 1 aliphatic heterocycles. The molecule has 0 aromatic carbocycles. The zero-order valence-electron chi connectivity index (χ0n) is 12.0. The van der Waals surface area contributed by atoms with Crippen molar-refractivity contribution in [3.05, 3.63) is 21.8 Å². The fraction of sp³-hybridized carbons (Fsp3) is 0.429. The van der Waals surface area contributed by atoms with Crippen LogP contribution in [0, 0.1) is 22.7 Å². The molecule has 114 valence electrons. The maximum atomic E-state index is 10.9. The van der Waals surface area contributed by atoms with Crippen LogP contribution in [0.5, 0.6) is 0 Å². The van der Waals surface area contributed by atoms with Crippen molar-refractivity contribution < 1.29 is 9.90 Å². The van der Waals surface area contributed by atoms with Crippen LogP contribution in [0.2, 0.25) is 5.15 Å². The molecular formula is C14H14ClN5O2. The highest BCUT2D eigenvalue weighted by Crippen LogP contribution is 2.29. The van der Waals surface area contributed by atoms with E-state index in [0.717, 1.165) is 0 Å². The molecule has 1 aromatic heterocycles. The van der Waals surface area contributed by atoms with Crippen LogP contribution in [0.3, 0.4) is 0 Å². The number of anilines is 1. The number of nitriles is 2. The molecule has 1 aliphatic rings. The summed E-state index contributed by atoms with van der Waals surface area (Å²) >= 11 is 6.07. The Balaban J connectivity index is 2.41. The Kier molecular flexibility index (Phi) is 4.69. The molecular weight excluding hydrogens is 306 g/mol. The van der Waals surface area contributed by atoms with Gasteiger partial charge in [0.25, 0.3) is 0 Å². The maximum Gasteiger partial charge on any atom is 0.407 e. The van der Waals surface area contributed by atoms with E-state index in [2.05, 4.69) is 11.1 Å². The average molecular weight is 320 g/mol. The predicted molar refractivity (Wildman–Crippen MR) is 79.9 cm³/mol. The lowest BCUT2D eigenvalue weighted by molar-refractivity contribution is 0.142. The molecule has 0 radical (unpaired) electrons. The van der Waals surface area contributed by atoms with Gasteiger partial charge in [0.15, 0.2) is 0 Å². The van der Waals surface area contributed by atoms with E-state index in [1.807, 2.05) is 17.9 Å². The second-order valence-corrected chi connectivity index (χ2v) is 5.15. The number of aromatic nitrogens is 1. The number of rotatable bonds is 2. The first kappa shape index (κ1) is 15.9. The average Bonchev–Trinajstić information content (AvgIpc) is 2.53. The molecule has 8 heteroatoms. The second-order valence-electron chi connectivity index (χ2n) is 4.79. The summed E-state index contributed by atoms with van der Waals surface area (Å²) in [6.45, 7) is 3.38. The van der Waals surface area contributed by atoms with Crippen LogP contribution in [0.15, 0.2) is 0 Å². The molecule has 0 aliphatic carbocycles. The molecule has 0 unspecified atom stereocenters. The van der Waals surface area contributed by atoms with E-state index in [-0.39, 0.29) is 10.7 Å². The van der Waals surface area contributed by atoms with Gasteiger partial charge < -0.3 is 14.9 Å². The first-order valence-corrected chi connectivity index (χ1v) is 7.16. The lowest BCUT2D eigenvalue weighted by Gasteiger charge is -2.34. The summed E-state index contributed by atoms with van der Waals surface area (Å²) in [6, 6.07) is 4.10. The molecule has 1 fully saturated rings. The van der Waals surface area contributed by atoms with E-state index in [1.54, 1.807) is 0 Å². The monoisotopic (exact) mass is 319 g/mol. The first-order chi connectivity index (χ1) is 10.5. The third-order valence-corrected chi connectivity index (χ3v) is 3.94. The topological polar surface area (TPSA) is 104 Å². The summed E-state index contributed by atoms with van der Waals surface area (Å²) in [5.74, 6) is 0.424. The Morgan fingerprint density at radius 3 is 2.32 bits per heavy atom.